The van der Waals surface area contributed by atoms with E-state index in [1.165, 1.54) is 31.4 Å². The van der Waals surface area contributed by atoms with Gasteiger partial charge in [-0.2, -0.15) is 0 Å². The summed E-state index contributed by atoms with van der Waals surface area (Å²) < 4.78 is 0. The summed E-state index contributed by atoms with van der Waals surface area (Å²) in [5.74, 6) is 0.0787. The van der Waals surface area contributed by atoms with Gasteiger partial charge in [0, 0.05) is 37.3 Å². The molecule has 1 aliphatic carbocycles. The predicted octanol–water partition coefficient (Wildman–Crippen LogP) is 3.28. The molecule has 1 heterocycles. The molecule has 0 atom stereocenters. The second-order valence-electron chi connectivity index (χ2n) is 7.58. The fourth-order valence-corrected chi connectivity index (χ4v) is 3.82. The molecule has 1 aliphatic heterocycles. The van der Waals surface area contributed by atoms with E-state index in [9.17, 15) is 4.79 Å². The van der Waals surface area contributed by atoms with Gasteiger partial charge in [0.05, 0.1) is 0 Å². The summed E-state index contributed by atoms with van der Waals surface area (Å²) in [7, 11) is 0. The first-order valence-electron chi connectivity index (χ1n) is 10.1. The average Bonchev–Trinajstić information content (AvgIpc) is 3.47. The Morgan fingerprint density at radius 1 is 1.12 bits per heavy atom. The molecule has 0 unspecified atom stereocenters. The van der Waals surface area contributed by atoms with Crippen LogP contribution in [0, 0.1) is 0 Å². The number of nitrogens with zero attached hydrogens (tertiary/aromatic N) is 2. The van der Waals surface area contributed by atoms with Crippen LogP contribution in [0.15, 0.2) is 24.3 Å². The van der Waals surface area contributed by atoms with Crippen molar-refractivity contribution >= 4 is 5.91 Å². The molecule has 2 fully saturated rings. The van der Waals surface area contributed by atoms with Gasteiger partial charge in [0.1, 0.15) is 0 Å². The van der Waals surface area contributed by atoms with Crippen LogP contribution in [0.1, 0.15) is 61.9 Å². The molecule has 1 saturated carbocycles. The lowest BCUT2D eigenvalue weighted by molar-refractivity contribution is 0.0911. The van der Waals surface area contributed by atoms with Gasteiger partial charge in [-0.15, -0.1) is 0 Å². The first kappa shape index (κ1) is 18.4. The SMILES string of the molecule is CCCN1CCC(NC(=O)c2ccc(CN(CC)C3CC3)cc2)CC1. The Bertz CT molecular complexity index is 545. The van der Waals surface area contributed by atoms with Crippen molar-refractivity contribution < 1.29 is 4.79 Å². The standard InChI is InChI=1S/C21H33N3O/c1-3-13-23-14-11-19(12-15-23)22-21(25)18-7-5-17(6-8-18)16-24(4-2)20-9-10-20/h5-8,19-20H,3-4,9-16H2,1-2H3,(H,22,25). The van der Waals surface area contributed by atoms with Crippen LogP contribution in [0.4, 0.5) is 0 Å². The number of benzene rings is 1. The number of hydrogen-bond acceptors (Lipinski definition) is 3. The average molecular weight is 344 g/mol. The lowest BCUT2D eigenvalue weighted by Gasteiger charge is -2.32. The monoisotopic (exact) mass is 343 g/mol. The Kier molecular flexibility index (Phi) is 6.49. The second kappa shape index (κ2) is 8.81. The summed E-state index contributed by atoms with van der Waals surface area (Å²) in [6.07, 6.45) is 6.02. The van der Waals surface area contributed by atoms with Crippen LogP contribution in [0.3, 0.4) is 0 Å². The zero-order valence-electron chi connectivity index (χ0n) is 15.8. The topological polar surface area (TPSA) is 35.6 Å². The molecule has 1 N–H and O–H groups in total. The van der Waals surface area contributed by atoms with Crippen LogP contribution in [-0.2, 0) is 6.54 Å². The van der Waals surface area contributed by atoms with E-state index in [1.54, 1.807) is 0 Å². The van der Waals surface area contributed by atoms with Crippen molar-refractivity contribution in [2.24, 2.45) is 0 Å². The molecule has 0 bridgehead atoms. The maximum absolute atomic E-state index is 12.5. The summed E-state index contributed by atoms with van der Waals surface area (Å²) in [4.78, 5) is 17.5. The van der Waals surface area contributed by atoms with E-state index in [4.69, 9.17) is 0 Å². The van der Waals surface area contributed by atoms with Crippen molar-refractivity contribution in [3.63, 3.8) is 0 Å². The van der Waals surface area contributed by atoms with E-state index in [0.29, 0.717) is 6.04 Å². The van der Waals surface area contributed by atoms with E-state index < -0.39 is 0 Å². The molecule has 0 spiro atoms. The minimum atomic E-state index is 0.0787. The summed E-state index contributed by atoms with van der Waals surface area (Å²) in [5.41, 5.74) is 2.09. The minimum Gasteiger partial charge on any atom is -0.349 e. The Morgan fingerprint density at radius 2 is 1.80 bits per heavy atom. The van der Waals surface area contributed by atoms with Gasteiger partial charge in [-0.25, -0.2) is 0 Å². The number of nitrogens with one attached hydrogen (secondary N) is 1. The van der Waals surface area contributed by atoms with Crippen LogP contribution in [0.2, 0.25) is 0 Å². The van der Waals surface area contributed by atoms with Crippen LogP contribution < -0.4 is 5.32 Å². The van der Waals surface area contributed by atoms with Crippen LogP contribution in [0.25, 0.3) is 0 Å². The van der Waals surface area contributed by atoms with Gasteiger partial charge >= 0.3 is 0 Å². The predicted molar refractivity (Wildman–Crippen MR) is 103 cm³/mol. The fourth-order valence-electron chi connectivity index (χ4n) is 3.82. The molecule has 1 aromatic rings. The van der Waals surface area contributed by atoms with Crippen molar-refractivity contribution in [2.75, 3.05) is 26.2 Å². The summed E-state index contributed by atoms with van der Waals surface area (Å²) in [6.45, 7) is 9.94. The molecule has 1 aromatic carbocycles. The van der Waals surface area contributed by atoms with Crippen molar-refractivity contribution in [1.29, 1.82) is 0 Å². The normalized spacial score (nSPS) is 19.3. The number of hydrogen-bond donors (Lipinski definition) is 1. The number of likely N-dealkylation sites (tertiary alicyclic amines) is 1. The fraction of sp³-hybridized carbons (Fsp3) is 0.667. The molecule has 4 nitrogen and oxygen atoms in total. The van der Waals surface area contributed by atoms with Crippen molar-refractivity contribution in [2.45, 2.75) is 64.6 Å². The Morgan fingerprint density at radius 3 is 2.36 bits per heavy atom. The van der Waals surface area contributed by atoms with Gasteiger partial charge in [0.25, 0.3) is 5.91 Å². The number of amides is 1. The highest BCUT2D eigenvalue weighted by atomic mass is 16.1. The van der Waals surface area contributed by atoms with Gasteiger partial charge < -0.3 is 10.2 Å². The van der Waals surface area contributed by atoms with Gasteiger partial charge in [0.15, 0.2) is 0 Å². The lowest BCUT2D eigenvalue weighted by Crippen LogP contribution is -2.44. The molecular formula is C21H33N3O. The van der Waals surface area contributed by atoms with Crippen molar-refractivity contribution in [1.82, 2.24) is 15.1 Å². The summed E-state index contributed by atoms with van der Waals surface area (Å²) >= 11 is 0. The molecular weight excluding hydrogens is 310 g/mol. The zero-order chi connectivity index (χ0) is 17.6. The lowest BCUT2D eigenvalue weighted by atomic mass is 10.0. The van der Waals surface area contributed by atoms with Crippen molar-refractivity contribution in [3.05, 3.63) is 35.4 Å². The summed E-state index contributed by atoms with van der Waals surface area (Å²) in [6, 6.07) is 9.31. The van der Waals surface area contributed by atoms with Crippen LogP contribution in [-0.4, -0.2) is 54.0 Å². The van der Waals surface area contributed by atoms with E-state index in [1.807, 2.05) is 12.1 Å². The largest absolute Gasteiger partial charge is 0.349 e. The van der Waals surface area contributed by atoms with Gasteiger partial charge in [0.2, 0.25) is 0 Å². The quantitative estimate of drug-likeness (QED) is 0.787. The second-order valence-corrected chi connectivity index (χ2v) is 7.58. The number of carbonyl (C=O) groups excluding carboxylic acids is 1. The molecule has 1 saturated heterocycles. The molecule has 0 aromatic heterocycles. The Labute approximate surface area is 152 Å². The van der Waals surface area contributed by atoms with E-state index >= 15 is 0 Å². The van der Waals surface area contributed by atoms with E-state index in [-0.39, 0.29) is 5.91 Å². The first-order chi connectivity index (χ1) is 12.2. The van der Waals surface area contributed by atoms with Gasteiger partial charge in [-0.05, 0) is 62.9 Å². The molecule has 2 aliphatic rings. The third-order valence-corrected chi connectivity index (χ3v) is 5.53. The molecule has 3 rings (SSSR count). The zero-order valence-corrected chi connectivity index (χ0v) is 15.8. The highest BCUT2D eigenvalue weighted by Crippen LogP contribution is 2.27. The number of rotatable bonds is 8. The minimum absolute atomic E-state index is 0.0787. The van der Waals surface area contributed by atoms with Crippen LogP contribution >= 0.6 is 0 Å². The van der Waals surface area contributed by atoms with Gasteiger partial charge in [-0.3, -0.25) is 9.69 Å². The number of carbonyl (C=O) groups is 1. The maximum atomic E-state index is 12.5. The van der Waals surface area contributed by atoms with E-state index in [2.05, 4.69) is 41.1 Å². The molecule has 25 heavy (non-hydrogen) atoms. The Hall–Kier alpha value is -1.39. The third-order valence-electron chi connectivity index (χ3n) is 5.53. The Balaban J connectivity index is 1.47. The highest BCUT2D eigenvalue weighted by Gasteiger charge is 2.27. The van der Waals surface area contributed by atoms with E-state index in [0.717, 1.165) is 50.6 Å². The van der Waals surface area contributed by atoms with Crippen molar-refractivity contribution in [3.8, 4) is 0 Å². The number of piperidine rings is 1. The maximum Gasteiger partial charge on any atom is 0.251 e. The highest BCUT2D eigenvalue weighted by molar-refractivity contribution is 5.94. The smallest absolute Gasteiger partial charge is 0.251 e. The molecule has 1 amide bonds. The first-order valence-corrected chi connectivity index (χ1v) is 10.1. The molecule has 0 radical (unpaired) electrons. The molecule has 4 heteroatoms. The molecule has 138 valence electrons. The summed E-state index contributed by atoms with van der Waals surface area (Å²) in [5, 5.41) is 3.22. The third kappa shape index (κ3) is 5.29. The van der Waals surface area contributed by atoms with Gasteiger partial charge in [-0.1, -0.05) is 26.0 Å². The van der Waals surface area contributed by atoms with Crippen LogP contribution in [0.5, 0.6) is 0 Å².